The number of nitrogens with one attached hydrogen (secondary N) is 1. The minimum absolute atomic E-state index is 0.114. The number of benzene rings is 2. The Balaban J connectivity index is 1.71. The zero-order valence-electron chi connectivity index (χ0n) is 15.1. The molecule has 0 aliphatic carbocycles. The molecule has 1 amide bonds. The number of thiophene rings is 1. The second-order valence-electron chi connectivity index (χ2n) is 6.24. The first kappa shape index (κ1) is 17.9. The predicted octanol–water partition coefficient (Wildman–Crippen LogP) is 4.74. The lowest BCUT2D eigenvalue weighted by atomic mass is 10.0. The van der Waals surface area contributed by atoms with Crippen molar-refractivity contribution in [2.45, 2.75) is 6.92 Å². The van der Waals surface area contributed by atoms with Crippen LogP contribution < -0.4 is 5.43 Å². The summed E-state index contributed by atoms with van der Waals surface area (Å²) in [5.41, 5.74) is 4.81. The maximum atomic E-state index is 12.8. The van der Waals surface area contributed by atoms with Crippen LogP contribution in [0.3, 0.4) is 0 Å². The highest BCUT2D eigenvalue weighted by atomic mass is 32.1. The third-order valence-electron chi connectivity index (χ3n) is 4.26. The standard InChI is InChI=1S/C22H17N3O2S/c1-14-10-11-15(28-14)13-23-25-22(27)18-12-20(17-7-3-5-9-21(17)26)24-19-8-4-2-6-16(18)19/h2-13,26H,1H3,(H,25,27)/b23-13+. The number of phenols is 1. The van der Waals surface area contributed by atoms with Crippen molar-refractivity contribution in [3.63, 3.8) is 0 Å². The van der Waals surface area contributed by atoms with Gasteiger partial charge in [-0.3, -0.25) is 4.79 Å². The van der Waals surface area contributed by atoms with Gasteiger partial charge in [-0.25, -0.2) is 10.4 Å². The normalized spacial score (nSPS) is 11.2. The van der Waals surface area contributed by atoms with E-state index in [0.717, 1.165) is 10.3 Å². The molecule has 0 saturated carbocycles. The number of hydrogen-bond donors (Lipinski definition) is 2. The largest absolute Gasteiger partial charge is 0.507 e. The molecule has 4 rings (SSSR count). The summed E-state index contributed by atoms with van der Waals surface area (Å²) in [5.74, 6) is -0.220. The highest BCUT2D eigenvalue weighted by Gasteiger charge is 2.15. The van der Waals surface area contributed by atoms with Crippen LogP contribution in [0.15, 0.2) is 71.8 Å². The lowest BCUT2D eigenvalue weighted by Crippen LogP contribution is -2.18. The Morgan fingerprint density at radius 3 is 2.68 bits per heavy atom. The Bertz CT molecular complexity index is 1200. The Kier molecular flexibility index (Phi) is 4.87. The van der Waals surface area contributed by atoms with Crippen LogP contribution in [-0.2, 0) is 0 Å². The number of nitrogens with zero attached hydrogens (tertiary/aromatic N) is 2. The lowest BCUT2D eigenvalue weighted by molar-refractivity contribution is 0.0956. The third kappa shape index (κ3) is 3.63. The number of fused-ring (bicyclic) bond motifs is 1. The van der Waals surface area contributed by atoms with Crippen molar-refractivity contribution in [1.82, 2.24) is 10.4 Å². The van der Waals surface area contributed by atoms with Gasteiger partial charge in [0.1, 0.15) is 5.75 Å². The van der Waals surface area contributed by atoms with Crippen molar-refractivity contribution >= 4 is 34.4 Å². The van der Waals surface area contributed by atoms with Gasteiger partial charge in [0.15, 0.2) is 0 Å². The molecule has 6 heteroatoms. The summed E-state index contributed by atoms with van der Waals surface area (Å²) < 4.78 is 0. The zero-order valence-corrected chi connectivity index (χ0v) is 15.9. The van der Waals surface area contributed by atoms with Gasteiger partial charge in [-0.05, 0) is 43.3 Å². The Morgan fingerprint density at radius 2 is 1.89 bits per heavy atom. The van der Waals surface area contributed by atoms with Gasteiger partial charge in [0, 0.05) is 20.7 Å². The summed E-state index contributed by atoms with van der Waals surface area (Å²) in [5, 5.41) is 15.0. The SMILES string of the molecule is Cc1ccc(/C=N/NC(=O)c2cc(-c3ccccc3O)nc3ccccc23)s1. The topological polar surface area (TPSA) is 74.6 Å². The molecule has 2 N–H and O–H groups in total. The fraction of sp³-hybridized carbons (Fsp3) is 0.0455. The molecule has 2 heterocycles. The fourth-order valence-electron chi connectivity index (χ4n) is 2.93. The molecule has 0 radical (unpaired) electrons. The summed E-state index contributed by atoms with van der Waals surface area (Å²) in [4.78, 5) is 19.6. The molecule has 0 unspecified atom stereocenters. The second kappa shape index (κ2) is 7.62. The summed E-state index contributed by atoms with van der Waals surface area (Å²) in [6.45, 7) is 2.02. The van der Waals surface area contributed by atoms with E-state index in [1.165, 1.54) is 4.88 Å². The molecule has 0 atom stereocenters. The highest BCUT2D eigenvalue weighted by molar-refractivity contribution is 7.13. The molecular formula is C22H17N3O2S. The summed E-state index contributed by atoms with van der Waals surface area (Å²) in [6, 6.07) is 20.0. The second-order valence-corrected chi connectivity index (χ2v) is 7.56. The van der Waals surface area contributed by atoms with Crippen molar-refractivity contribution in [3.05, 3.63) is 82.0 Å². The average Bonchev–Trinajstić information content (AvgIpc) is 3.12. The van der Waals surface area contributed by atoms with Gasteiger partial charge in [0.2, 0.25) is 0 Å². The maximum absolute atomic E-state index is 12.8. The molecule has 2 aromatic carbocycles. The first-order chi connectivity index (χ1) is 13.6. The zero-order chi connectivity index (χ0) is 19.5. The number of para-hydroxylation sites is 2. The molecule has 4 aromatic rings. The monoisotopic (exact) mass is 387 g/mol. The Hall–Kier alpha value is -3.51. The molecule has 138 valence electrons. The number of hydrogen-bond acceptors (Lipinski definition) is 5. The Morgan fingerprint density at radius 1 is 1.11 bits per heavy atom. The van der Waals surface area contributed by atoms with Crippen molar-refractivity contribution in [2.24, 2.45) is 5.10 Å². The summed E-state index contributed by atoms with van der Waals surface area (Å²) in [6.07, 6.45) is 1.63. The molecule has 0 fully saturated rings. The van der Waals surface area contributed by atoms with Gasteiger partial charge in [0.05, 0.1) is 23.0 Å². The molecule has 0 spiro atoms. The van der Waals surface area contributed by atoms with Crippen LogP contribution in [0.1, 0.15) is 20.1 Å². The molecule has 0 saturated heterocycles. The first-order valence-electron chi connectivity index (χ1n) is 8.70. The van der Waals surface area contributed by atoms with Crippen molar-refractivity contribution in [2.75, 3.05) is 0 Å². The van der Waals surface area contributed by atoms with Crippen LogP contribution in [0.4, 0.5) is 0 Å². The first-order valence-corrected chi connectivity index (χ1v) is 9.51. The number of aromatic hydroxyl groups is 1. The molecule has 0 bridgehead atoms. The average molecular weight is 387 g/mol. The van der Waals surface area contributed by atoms with Crippen molar-refractivity contribution in [1.29, 1.82) is 0 Å². The van der Waals surface area contributed by atoms with Crippen LogP contribution in [0.5, 0.6) is 5.75 Å². The van der Waals surface area contributed by atoms with Crippen molar-refractivity contribution < 1.29 is 9.90 Å². The van der Waals surface area contributed by atoms with E-state index in [4.69, 9.17) is 0 Å². The summed E-state index contributed by atoms with van der Waals surface area (Å²) in [7, 11) is 0. The number of aryl methyl sites for hydroxylation is 1. The third-order valence-corrected chi connectivity index (χ3v) is 5.20. The van der Waals surface area contributed by atoms with Crippen molar-refractivity contribution in [3.8, 4) is 17.0 Å². The van der Waals surface area contributed by atoms with E-state index in [1.807, 2.05) is 49.4 Å². The van der Waals surface area contributed by atoms with Gasteiger partial charge in [0.25, 0.3) is 5.91 Å². The van der Waals surface area contributed by atoms with Gasteiger partial charge in [-0.1, -0.05) is 30.3 Å². The quantitative estimate of drug-likeness (QED) is 0.392. The number of pyridine rings is 1. The molecular weight excluding hydrogens is 370 g/mol. The molecule has 2 aromatic heterocycles. The lowest BCUT2D eigenvalue weighted by Gasteiger charge is -2.10. The van der Waals surface area contributed by atoms with Crippen LogP contribution in [0, 0.1) is 6.92 Å². The molecule has 0 aliphatic rings. The molecule has 0 aliphatic heterocycles. The highest BCUT2D eigenvalue weighted by Crippen LogP contribution is 2.30. The summed E-state index contributed by atoms with van der Waals surface area (Å²) >= 11 is 1.60. The number of phenolic OH excluding ortho intramolecular Hbond substituents is 1. The number of carbonyl (C=O) groups excluding carboxylic acids is 1. The maximum Gasteiger partial charge on any atom is 0.272 e. The van der Waals surface area contributed by atoms with E-state index in [0.29, 0.717) is 22.3 Å². The Labute approximate surface area is 166 Å². The van der Waals surface area contributed by atoms with Crippen LogP contribution in [0.2, 0.25) is 0 Å². The van der Waals surface area contributed by atoms with Gasteiger partial charge < -0.3 is 5.11 Å². The smallest absolute Gasteiger partial charge is 0.272 e. The minimum Gasteiger partial charge on any atom is -0.507 e. The number of aromatic nitrogens is 1. The number of hydrazone groups is 1. The molecule has 28 heavy (non-hydrogen) atoms. The van der Waals surface area contributed by atoms with Crippen LogP contribution in [-0.4, -0.2) is 22.2 Å². The number of carbonyl (C=O) groups is 1. The van der Waals surface area contributed by atoms with Gasteiger partial charge in [-0.2, -0.15) is 5.10 Å². The van der Waals surface area contributed by atoms with E-state index in [2.05, 4.69) is 15.5 Å². The van der Waals surface area contributed by atoms with Crippen LogP contribution >= 0.6 is 11.3 Å². The van der Waals surface area contributed by atoms with Crippen LogP contribution in [0.25, 0.3) is 22.2 Å². The minimum atomic E-state index is -0.334. The van der Waals surface area contributed by atoms with E-state index < -0.39 is 0 Å². The van der Waals surface area contributed by atoms with E-state index in [9.17, 15) is 9.90 Å². The predicted molar refractivity (Wildman–Crippen MR) is 113 cm³/mol. The van der Waals surface area contributed by atoms with E-state index in [1.54, 1.807) is 41.8 Å². The number of rotatable bonds is 4. The van der Waals surface area contributed by atoms with Gasteiger partial charge >= 0.3 is 0 Å². The van der Waals surface area contributed by atoms with Gasteiger partial charge in [-0.15, -0.1) is 11.3 Å². The van der Waals surface area contributed by atoms with E-state index >= 15 is 0 Å². The molecule has 5 nitrogen and oxygen atoms in total. The fourth-order valence-corrected chi connectivity index (χ4v) is 3.68. The van der Waals surface area contributed by atoms with E-state index in [-0.39, 0.29) is 11.7 Å². The number of amides is 1.